The number of nitrogens with one attached hydrogen (secondary N) is 1. The van der Waals surface area contributed by atoms with E-state index >= 15 is 0 Å². The number of carbonyl (C=O) groups is 2. The quantitative estimate of drug-likeness (QED) is 0.255. The SMILES string of the molecule is CCCCCCC=C(C(=O)NOC(=O)c1ccccc1)c1ccc2c(c1)C(C)(C)CCC2(C)C. The van der Waals surface area contributed by atoms with Gasteiger partial charge in [0.2, 0.25) is 0 Å². The summed E-state index contributed by atoms with van der Waals surface area (Å²) in [4.78, 5) is 30.7. The van der Waals surface area contributed by atoms with Crippen molar-refractivity contribution in [3.05, 3.63) is 76.9 Å². The highest BCUT2D eigenvalue weighted by molar-refractivity contribution is 6.19. The highest BCUT2D eigenvalue weighted by atomic mass is 16.7. The Bertz CT molecular complexity index is 1030. The molecule has 182 valence electrons. The van der Waals surface area contributed by atoms with E-state index in [4.69, 9.17) is 4.84 Å². The molecule has 0 spiro atoms. The highest BCUT2D eigenvalue weighted by Crippen LogP contribution is 2.46. The predicted octanol–water partition coefficient (Wildman–Crippen LogP) is 7.28. The first-order valence-corrected chi connectivity index (χ1v) is 12.6. The van der Waals surface area contributed by atoms with Crippen LogP contribution in [0.1, 0.15) is 107 Å². The lowest BCUT2D eigenvalue weighted by atomic mass is 9.63. The van der Waals surface area contributed by atoms with Gasteiger partial charge in [-0.05, 0) is 65.3 Å². The number of allylic oxidation sites excluding steroid dienone is 1. The van der Waals surface area contributed by atoms with Gasteiger partial charge in [-0.1, -0.05) is 96.4 Å². The van der Waals surface area contributed by atoms with Gasteiger partial charge in [-0.3, -0.25) is 4.79 Å². The normalized spacial score (nSPS) is 16.4. The average molecular weight is 462 g/mol. The summed E-state index contributed by atoms with van der Waals surface area (Å²) in [5.41, 5.74) is 7.02. The van der Waals surface area contributed by atoms with Crippen molar-refractivity contribution in [2.24, 2.45) is 0 Å². The third kappa shape index (κ3) is 6.16. The van der Waals surface area contributed by atoms with Crippen LogP contribution in [0.3, 0.4) is 0 Å². The van der Waals surface area contributed by atoms with Gasteiger partial charge in [-0.15, -0.1) is 0 Å². The second-order valence-electron chi connectivity index (χ2n) is 10.7. The Balaban J connectivity index is 1.86. The molecule has 0 aromatic heterocycles. The molecule has 1 amide bonds. The van der Waals surface area contributed by atoms with E-state index in [-0.39, 0.29) is 10.8 Å². The molecule has 0 saturated heterocycles. The Labute approximate surface area is 204 Å². The van der Waals surface area contributed by atoms with Crippen LogP contribution in [0.5, 0.6) is 0 Å². The Morgan fingerprint density at radius 1 is 0.882 bits per heavy atom. The second kappa shape index (κ2) is 11.0. The van der Waals surface area contributed by atoms with E-state index < -0.39 is 11.9 Å². The van der Waals surface area contributed by atoms with E-state index in [2.05, 4.69) is 52.2 Å². The van der Waals surface area contributed by atoms with Crippen molar-refractivity contribution in [3.63, 3.8) is 0 Å². The fraction of sp³-hybridized carbons (Fsp3) is 0.467. The van der Waals surface area contributed by atoms with E-state index in [0.717, 1.165) is 37.7 Å². The van der Waals surface area contributed by atoms with Gasteiger partial charge >= 0.3 is 5.97 Å². The van der Waals surface area contributed by atoms with Crippen LogP contribution in [0.4, 0.5) is 0 Å². The molecule has 0 heterocycles. The molecule has 3 rings (SSSR count). The van der Waals surface area contributed by atoms with Crippen LogP contribution in [0.2, 0.25) is 0 Å². The van der Waals surface area contributed by atoms with E-state index in [1.807, 2.05) is 18.2 Å². The second-order valence-corrected chi connectivity index (χ2v) is 10.7. The van der Waals surface area contributed by atoms with Crippen LogP contribution in [-0.4, -0.2) is 11.9 Å². The van der Waals surface area contributed by atoms with Gasteiger partial charge in [0.25, 0.3) is 5.91 Å². The van der Waals surface area contributed by atoms with Gasteiger partial charge in [-0.2, -0.15) is 5.48 Å². The van der Waals surface area contributed by atoms with Gasteiger partial charge in [0, 0.05) is 5.57 Å². The minimum absolute atomic E-state index is 0.0450. The number of hydrogen-bond acceptors (Lipinski definition) is 3. The van der Waals surface area contributed by atoms with Crippen molar-refractivity contribution in [1.29, 1.82) is 0 Å². The minimum atomic E-state index is -0.579. The summed E-state index contributed by atoms with van der Waals surface area (Å²) >= 11 is 0. The standard InChI is InChI=1S/C30H39NO3/c1-6-7-8-9-13-16-24(27(32)31-34-28(33)22-14-11-10-12-15-22)23-17-18-25-26(21-23)30(4,5)20-19-29(25,2)3/h10-12,14-18,21H,6-9,13,19-20H2,1-5H3,(H,31,32). The van der Waals surface area contributed by atoms with Crippen molar-refractivity contribution in [2.45, 2.75) is 90.4 Å². The third-order valence-electron chi connectivity index (χ3n) is 7.06. The van der Waals surface area contributed by atoms with Crippen LogP contribution >= 0.6 is 0 Å². The topological polar surface area (TPSA) is 55.4 Å². The lowest BCUT2D eigenvalue weighted by Crippen LogP contribution is -2.34. The van der Waals surface area contributed by atoms with Gasteiger partial charge < -0.3 is 4.84 Å². The molecule has 0 fully saturated rings. The number of benzene rings is 2. The number of fused-ring (bicyclic) bond motifs is 1. The summed E-state index contributed by atoms with van der Waals surface area (Å²) < 4.78 is 0. The van der Waals surface area contributed by atoms with E-state index in [1.165, 1.54) is 24.0 Å². The zero-order valence-corrected chi connectivity index (χ0v) is 21.4. The number of hydrogen-bond donors (Lipinski definition) is 1. The van der Waals surface area contributed by atoms with Crippen molar-refractivity contribution in [1.82, 2.24) is 5.48 Å². The molecule has 1 aliphatic rings. The van der Waals surface area contributed by atoms with Crippen LogP contribution < -0.4 is 5.48 Å². The molecule has 4 heteroatoms. The molecule has 34 heavy (non-hydrogen) atoms. The lowest BCUT2D eigenvalue weighted by molar-refractivity contribution is -0.124. The van der Waals surface area contributed by atoms with Gasteiger partial charge in [-0.25, -0.2) is 4.79 Å². The largest absolute Gasteiger partial charge is 0.362 e. The van der Waals surface area contributed by atoms with E-state index in [0.29, 0.717) is 11.1 Å². The summed E-state index contributed by atoms with van der Waals surface area (Å²) in [6.45, 7) is 11.3. The molecular formula is C30H39NO3. The van der Waals surface area contributed by atoms with Crippen molar-refractivity contribution < 1.29 is 14.4 Å². The number of amides is 1. The Morgan fingerprint density at radius 2 is 1.56 bits per heavy atom. The average Bonchev–Trinajstić information content (AvgIpc) is 2.83. The molecule has 2 aromatic rings. The molecule has 0 unspecified atom stereocenters. The maximum absolute atomic E-state index is 13.2. The maximum atomic E-state index is 13.2. The van der Waals surface area contributed by atoms with Crippen molar-refractivity contribution in [3.8, 4) is 0 Å². The molecular weight excluding hydrogens is 422 g/mol. The molecule has 0 saturated carbocycles. The number of rotatable bonds is 8. The molecule has 1 N–H and O–H groups in total. The monoisotopic (exact) mass is 461 g/mol. The smallest absolute Gasteiger partial charge is 0.335 e. The van der Waals surface area contributed by atoms with Gasteiger partial charge in [0.15, 0.2) is 0 Å². The first kappa shape index (κ1) is 25.7. The zero-order valence-electron chi connectivity index (χ0n) is 21.4. The minimum Gasteiger partial charge on any atom is -0.335 e. The molecule has 0 atom stereocenters. The van der Waals surface area contributed by atoms with E-state index in [9.17, 15) is 9.59 Å². The van der Waals surface area contributed by atoms with Crippen LogP contribution in [0, 0.1) is 0 Å². The summed E-state index contributed by atoms with van der Waals surface area (Å²) in [6, 6.07) is 15.1. The third-order valence-corrected chi connectivity index (χ3v) is 7.06. The van der Waals surface area contributed by atoms with Gasteiger partial charge in [0.1, 0.15) is 0 Å². The lowest BCUT2D eigenvalue weighted by Gasteiger charge is -2.42. The highest BCUT2D eigenvalue weighted by Gasteiger charge is 2.37. The summed E-state index contributed by atoms with van der Waals surface area (Å²) in [5, 5.41) is 0. The molecule has 0 radical (unpaired) electrons. The van der Waals surface area contributed by atoms with Crippen LogP contribution in [0.15, 0.2) is 54.6 Å². The molecule has 0 bridgehead atoms. The number of carbonyl (C=O) groups excluding carboxylic acids is 2. The van der Waals surface area contributed by atoms with Gasteiger partial charge in [0.05, 0.1) is 5.56 Å². The maximum Gasteiger partial charge on any atom is 0.362 e. The summed E-state index contributed by atoms with van der Waals surface area (Å²) in [6.07, 6.45) is 9.56. The predicted molar refractivity (Wildman–Crippen MR) is 138 cm³/mol. The number of hydroxylamine groups is 1. The zero-order chi connectivity index (χ0) is 24.8. The molecule has 2 aromatic carbocycles. The van der Waals surface area contributed by atoms with Crippen molar-refractivity contribution >= 4 is 17.4 Å². The Morgan fingerprint density at radius 3 is 2.24 bits per heavy atom. The van der Waals surface area contributed by atoms with E-state index in [1.54, 1.807) is 24.3 Å². The molecule has 1 aliphatic carbocycles. The van der Waals surface area contributed by atoms with Crippen LogP contribution in [0.25, 0.3) is 5.57 Å². The molecule has 0 aliphatic heterocycles. The summed E-state index contributed by atoms with van der Waals surface area (Å²) in [5.74, 6) is -0.975. The Kier molecular flexibility index (Phi) is 8.35. The Hall–Kier alpha value is -2.88. The summed E-state index contributed by atoms with van der Waals surface area (Å²) in [7, 11) is 0. The number of unbranched alkanes of at least 4 members (excludes halogenated alkanes) is 4. The van der Waals surface area contributed by atoms with Crippen molar-refractivity contribution in [2.75, 3.05) is 0 Å². The fourth-order valence-electron chi connectivity index (χ4n) is 4.70. The first-order chi connectivity index (χ1) is 16.2. The molecule has 4 nitrogen and oxygen atoms in total. The fourth-order valence-corrected chi connectivity index (χ4v) is 4.70. The first-order valence-electron chi connectivity index (χ1n) is 12.6. The van der Waals surface area contributed by atoms with Crippen LogP contribution in [-0.2, 0) is 20.5 Å².